The predicted molar refractivity (Wildman–Crippen MR) is 87.2 cm³/mol. The van der Waals surface area contributed by atoms with Gasteiger partial charge >= 0.3 is 0 Å². The van der Waals surface area contributed by atoms with E-state index in [0.717, 1.165) is 5.56 Å². The molecule has 3 N–H and O–H groups in total. The molecule has 1 unspecified atom stereocenters. The Morgan fingerprint density at radius 3 is 2.62 bits per heavy atom. The lowest BCUT2D eigenvalue weighted by atomic mass is 9.90. The quantitative estimate of drug-likeness (QED) is 0.877. The Labute approximate surface area is 140 Å². The van der Waals surface area contributed by atoms with Crippen LogP contribution in [0.1, 0.15) is 31.4 Å². The van der Waals surface area contributed by atoms with Gasteiger partial charge in [-0.2, -0.15) is 0 Å². The highest BCUT2D eigenvalue weighted by atomic mass is 35.5. The Bertz CT molecular complexity index is 505. The van der Waals surface area contributed by atoms with E-state index in [9.17, 15) is 4.79 Å². The average Bonchev–Trinajstić information content (AvgIpc) is 2.42. The summed E-state index contributed by atoms with van der Waals surface area (Å²) in [5, 5.41) is 4.06. The van der Waals surface area contributed by atoms with E-state index in [1.54, 1.807) is 18.2 Å². The molecule has 7 heteroatoms. The maximum absolute atomic E-state index is 12.3. The van der Waals surface area contributed by atoms with Crippen LogP contribution in [-0.2, 0) is 9.53 Å². The van der Waals surface area contributed by atoms with Crippen LogP contribution in [-0.4, -0.2) is 24.7 Å². The number of nitrogens with two attached hydrogens (primary N) is 1. The van der Waals surface area contributed by atoms with Crippen LogP contribution in [0.25, 0.3) is 0 Å². The van der Waals surface area contributed by atoms with Gasteiger partial charge in [-0.15, -0.1) is 12.4 Å². The molecule has 4 nitrogen and oxygen atoms in total. The zero-order valence-electron chi connectivity index (χ0n) is 11.7. The van der Waals surface area contributed by atoms with Gasteiger partial charge in [0.1, 0.15) is 0 Å². The highest BCUT2D eigenvalue weighted by molar-refractivity contribution is 6.33. The third-order valence-electron chi connectivity index (χ3n) is 3.61. The highest BCUT2D eigenvalue weighted by Crippen LogP contribution is 2.27. The Balaban J connectivity index is 0.00000220. The van der Waals surface area contributed by atoms with Crippen LogP contribution in [0.5, 0.6) is 0 Å². The zero-order chi connectivity index (χ0) is 14.8. The van der Waals surface area contributed by atoms with Crippen molar-refractivity contribution < 1.29 is 9.53 Å². The molecular weight excluding hydrogens is 335 g/mol. The number of rotatable bonds is 3. The second-order valence-electron chi connectivity index (χ2n) is 5.13. The van der Waals surface area contributed by atoms with Crippen molar-refractivity contribution in [1.82, 2.24) is 5.32 Å². The molecule has 0 bridgehead atoms. The standard InChI is InChI=1S/C14H18Cl2N2O2.ClH/c1-9(11-8-10(15)2-3-12(11)16)18-13(19)14(17)4-6-20-7-5-14;/h2-3,8-9H,4-7,17H2,1H3,(H,18,19);1H. The van der Waals surface area contributed by atoms with Crippen LogP contribution in [0, 0.1) is 0 Å². The van der Waals surface area contributed by atoms with Gasteiger partial charge in [-0.1, -0.05) is 23.2 Å². The molecule has 1 aliphatic heterocycles. The fourth-order valence-electron chi connectivity index (χ4n) is 2.23. The molecule has 1 fully saturated rings. The van der Waals surface area contributed by atoms with Gasteiger partial charge in [-0.3, -0.25) is 4.79 Å². The van der Waals surface area contributed by atoms with Crippen LogP contribution in [0.4, 0.5) is 0 Å². The summed E-state index contributed by atoms with van der Waals surface area (Å²) in [6.45, 7) is 2.88. The van der Waals surface area contributed by atoms with E-state index in [1.807, 2.05) is 6.92 Å². The van der Waals surface area contributed by atoms with Crippen LogP contribution in [0.3, 0.4) is 0 Å². The maximum Gasteiger partial charge on any atom is 0.240 e. The van der Waals surface area contributed by atoms with Crippen molar-refractivity contribution in [3.8, 4) is 0 Å². The monoisotopic (exact) mass is 352 g/mol. The summed E-state index contributed by atoms with van der Waals surface area (Å²) < 4.78 is 5.24. The first kappa shape index (κ1) is 18.5. The minimum Gasteiger partial charge on any atom is -0.381 e. The number of carbonyl (C=O) groups is 1. The van der Waals surface area contributed by atoms with Crippen molar-refractivity contribution in [2.24, 2.45) is 5.73 Å². The van der Waals surface area contributed by atoms with E-state index in [4.69, 9.17) is 33.7 Å². The topological polar surface area (TPSA) is 64.4 Å². The second-order valence-corrected chi connectivity index (χ2v) is 5.97. The van der Waals surface area contributed by atoms with E-state index >= 15 is 0 Å². The van der Waals surface area contributed by atoms with E-state index in [-0.39, 0.29) is 24.4 Å². The molecule has 1 amide bonds. The number of amides is 1. The van der Waals surface area contributed by atoms with Crippen LogP contribution in [0.15, 0.2) is 18.2 Å². The van der Waals surface area contributed by atoms with Crippen molar-refractivity contribution in [2.75, 3.05) is 13.2 Å². The summed E-state index contributed by atoms with van der Waals surface area (Å²) in [5.41, 5.74) is 6.06. The molecule has 1 heterocycles. The Kier molecular flexibility index (Phi) is 6.75. The van der Waals surface area contributed by atoms with Crippen molar-refractivity contribution in [2.45, 2.75) is 31.3 Å². The van der Waals surface area contributed by atoms with Gasteiger partial charge in [0.05, 0.1) is 11.6 Å². The van der Waals surface area contributed by atoms with Gasteiger partial charge in [0.15, 0.2) is 0 Å². The molecule has 0 spiro atoms. The third kappa shape index (κ3) is 4.47. The normalized spacial score (nSPS) is 18.5. The molecule has 1 atom stereocenters. The van der Waals surface area contributed by atoms with Crippen molar-refractivity contribution in [1.29, 1.82) is 0 Å². The molecule has 118 valence electrons. The summed E-state index contributed by atoms with van der Waals surface area (Å²) in [6.07, 6.45) is 1.05. The van der Waals surface area contributed by atoms with Crippen LogP contribution >= 0.6 is 35.6 Å². The number of benzene rings is 1. The summed E-state index contributed by atoms with van der Waals surface area (Å²) >= 11 is 12.1. The fraction of sp³-hybridized carbons (Fsp3) is 0.500. The second kappa shape index (κ2) is 7.65. The van der Waals surface area contributed by atoms with Crippen molar-refractivity contribution >= 4 is 41.5 Å². The largest absolute Gasteiger partial charge is 0.381 e. The van der Waals surface area contributed by atoms with Gasteiger partial charge < -0.3 is 15.8 Å². The Morgan fingerprint density at radius 2 is 2.00 bits per heavy atom. The highest BCUT2D eigenvalue weighted by Gasteiger charge is 2.36. The number of nitrogens with one attached hydrogen (secondary N) is 1. The first-order valence-corrected chi connectivity index (χ1v) is 7.30. The number of hydrogen-bond acceptors (Lipinski definition) is 3. The lowest BCUT2D eigenvalue weighted by Gasteiger charge is -2.33. The van der Waals surface area contributed by atoms with Gasteiger partial charge in [-0.25, -0.2) is 0 Å². The molecule has 1 aromatic rings. The van der Waals surface area contributed by atoms with E-state index in [1.165, 1.54) is 0 Å². The van der Waals surface area contributed by atoms with Crippen LogP contribution in [0.2, 0.25) is 10.0 Å². The molecule has 21 heavy (non-hydrogen) atoms. The van der Waals surface area contributed by atoms with Gasteiger partial charge in [0.25, 0.3) is 0 Å². The molecule has 2 rings (SSSR count). The predicted octanol–water partition coefficient (Wildman–Crippen LogP) is 3.10. The molecule has 1 aromatic carbocycles. The first-order valence-electron chi connectivity index (χ1n) is 6.55. The van der Waals surface area contributed by atoms with Crippen molar-refractivity contribution in [3.05, 3.63) is 33.8 Å². The zero-order valence-corrected chi connectivity index (χ0v) is 14.0. The molecule has 0 aliphatic carbocycles. The number of halogens is 3. The molecule has 0 aromatic heterocycles. The summed E-state index contributed by atoms with van der Waals surface area (Å²) in [4.78, 5) is 12.3. The fourth-order valence-corrected chi connectivity index (χ4v) is 2.69. The van der Waals surface area contributed by atoms with Gasteiger partial charge in [0, 0.05) is 23.3 Å². The lowest BCUT2D eigenvalue weighted by molar-refractivity contribution is -0.130. The summed E-state index contributed by atoms with van der Waals surface area (Å²) in [6, 6.07) is 4.93. The van der Waals surface area contributed by atoms with E-state index < -0.39 is 5.54 Å². The summed E-state index contributed by atoms with van der Waals surface area (Å²) in [7, 11) is 0. The Hall–Kier alpha value is -0.520. The smallest absolute Gasteiger partial charge is 0.240 e. The molecule has 1 saturated heterocycles. The van der Waals surface area contributed by atoms with Crippen molar-refractivity contribution in [3.63, 3.8) is 0 Å². The minimum atomic E-state index is -0.864. The minimum absolute atomic E-state index is 0. The number of ether oxygens (including phenoxy) is 1. The van der Waals surface area contributed by atoms with Crippen LogP contribution < -0.4 is 11.1 Å². The van der Waals surface area contributed by atoms with E-state index in [2.05, 4.69) is 5.32 Å². The molecular formula is C14H19Cl3N2O2. The summed E-state index contributed by atoms with van der Waals surface area (Å²) in [5.74, 6) is -0.177. The number of carbonyl (C=O) groups excluding carboxylic acids is 1. The average molecular weight is 354 g/mol. The molecule has 0 saturated carbocycles. The van der Waals surface area contributed by atoms with Gasteiger partial charge in [-0.05, 0) is 43.5 Å². The first-order chi connectivity index (χ1) is 9.42. The third-order valence-corrected chi connectivity index (χ3v) is 4.19. The SMILES string of the molecule is CC(NC(=O)C1(N)CCOCC1)c1cc(Cl)ccc1Cl.Cl. The Morgan fingerprint density at radius 1 is 1.38 bits per heavy atom. The lowest BCUT2D eigenvalue weighted by Crippen LogP contribution is -2.57. The maximum atomic E-state index is 12.3. The number of hydrogen-bond donors (Lipinski definition) is 2. The van der Waals surface area contributed by atoms with Gasteiger partial charge in [0.2, 0.25) is 5.91 Å². The molecule has 0 radical (unpaired) electrons. The van der Waals surface area contributed by atoms with E-state index in [0.29, 0.717) is 36.1 Å². The molecule has 1 aliphatic rings.